The predicted molar refractivity (Wildman–Crippen MR) is 90.4 cm³/mol. The van der Waals surface area contributed by atoms with Crippen LogP contribution in [0.1, 0.15) is 22.5 Å². The van der Waals surface area contributed by atoms with Crippen LogP contribution in [0, 0.1) is 6.92 Å². The Balaban J connectivity index is 1.76. The zero-order chi connectivity index (χ0) is 16.1. The van der Waals surface area contributed by atoms with Crippen molar-refractivity contribution in [1.29, 1.82) is 0 Å². The summed E-state index contributed by atoms with van der Waals surface area (Å²) in [5.41, 5.74) is 3.31. The normalized spacial score (nSPS) is 10.5. The third-order valence-corrected chi connectivity index (χ3v) is 3.61. The van der Waals surface area contributed by atoms with Gasteiger partial charge in [-0.3, -0.25) is 14.8 Å². The largest absolute Gasteiger partial charge is 0.350 e. The maximum atomic E-state index is 12.3. The van der Waals surface area contributed by atoms with Gasteiger partial charge in [0.2, 0.25) is 5.95 Å². The quantitative estimate of drug-likeness (QED) is 0.760. The highest BCUT2D eigenvalue weighted by Crippen LogP contribution is 2.10. The number of H-pyrrole nitrogens is 1. The van der Waals surface area contributed by atoms with Gasteiger partial charge in [-0.1, -0.05) is 36.4 Å². The number of benzene rings is 1. The van der Waals surface area contributed by atoms with E-state index in [0.717, 1.165) is 17.0 Å². The lowest BCUT2D eigenvalue weighted by Crippen LogP contribution is -2.19. The van der Waals surface area contributed by atoms with E-state index in [9.17, 15) is 4.79 Å². The number of hydrogen-bond acceptors (Lipinski definition) is 4. The molecule has 1 aromatic carbocycles. The molecular formula is C18H18N4O. The zero-order valence-electron chi connectivity index (χ0n) is 12.9. The fourth-order valence-corrected chi connectivity index (χ4v) is 2.38. The molecule has 0 saturated carbocycles. The molecule has 0 aliphatic heterocycles. The molecule has 0 atom stereocenters. The number of rotatable bonds is 5. The molecule has 116 valence electrons. The van der Waals surface area contributed by atoms with Crippen LogP contribution in [0.2, 0.25) is 0 Å². The molecule has 3 aromatic rings. The highest BCUT2D eigenvalue weighted by molar-refractivity contribution is 5.33. The van der Waals surface area contributed by atoms with Gasteiger partial charge in [0, 0.05) is 18.2 Å². The van der Waals surface area contributed by atoms with E-state index in [-0.39, 0.29) is 5.56 Å². The molecule has 0 unspecified atom stereocenters. The Bertz CT molecular complexity index is 829. The molecule has 0 bridgehead atoms. The van der Waals surface area contributed by atoms with Gasteiger partial charge >= 0.3 is 0 Å². The Morgan fingerprint density at radius 1 is 1.09 bits per heavy atom. The SMILES string of the molecule is Cc1nc(NCc2ccccn2)[nH]c(=O)c1Cc1ccccc1. The average Bonchev–Trinajstić information content (AvgIpc) is 2.58. The molecule has 0 radical (unpaired) electrons. The summed E-state index contributed by atoms with van der Waals surface area (Å²) in [6.07, 6.45) is 2.32. The molecule has 3 rings (SSSR count). The monoisotopic (exact) mass is 306 g/mol. The molecule has 2 heterocycles. The Labute approximate surface area is 134 Å². The van der Waals surface area contributed by atoms with Crippen molar-refractivity contribution in [3.05, 3.63) is 87.6 Å². The van der Waals surface area contributed by atoms with E-state index in [1.165, 1.54) is 0 Å². The molecule has 2 N–H and O–H groups in total. The van der Waals surface area contributed by atoms with Crippen molar-refractivity contribution < 1.29 is 0 Å². The van der Waals surface area contributed by atoms with Crippen molar-refractivity contribution in [3.8, 4) is 0 Å². The molecule has 23 heavy (non-hydrogen) atoms. The fourth-order valence-electron chi connectivity index (χ4n) is 2.38. The van der Waals surface area contributed by atoms with Gasteiger partial charge in [-0.05, 0) is 24.6 Å². The number of aromatic nitrogens is 3. The van der Waals surface area contributed by atoms with E-state index in [4.69, 9.17) is 0 Å². The van der Waals surface area contributed by atoms with Gasteiger partial charge < -0.3 is 5.32 Å². The Morgan fingerprint density at radius 2 is 1.87 bits per heavy atom. The van der Waals surface area contributed by atoms with Crippen LogP contribution in [0.25, 0.3) is 0 Å². The van der Waals surface area contributed by atoms with Crippen molar-refractivity contribution in [3.63, 3.8) is 0 Å². The van der Waals surface area contributed by atoms with E-state index in [0.29, 0.717) is 24.5 Å². The van der Waals surface area contributed by atoms with Crippen LogP contribution in [0.15, 0.2) is 59.5 Å². The summed E-state index contributed by atoms with van der Waals surface area (Å²) in [5.74, 6) is 0.468. The maximum Gasteiger partial charge on any atom is 0.256 e. The number of aryl methyl sites for hydroxylation is 1. The minimum atomic E-state index is -0.107. The minimum absolute atomic E-state index is 0.107. The molecule has 2 aromatic heterocycles. The van der Waals surface area contributed by atoms with Crippen molar-refractivity contribution >= 4 is 5.95 Å². The van der Waals surface area contributed by atoms with E-state index < -0.39 is 0 Å². The third kappa shape index (κ3) is 3.83. The number of hydrogen-bond donors (Lipinski definition) is 2. The van der Waals surface area contributed by atoms with E-state index in [2.05, 4.69) is 20.3 Å². The summed E-state index contributed by atoms with van der Waals surface area (Å²) in [7, 11) is 0. The molecule has 0 aliphatic carbocycles. The first-order chi connectivity index (χ1) is 11.2. The van der Waals surface area contributed by atoms with Gasteiger partial charge in [0.05, 0.1) is 17.9 Å². The van der Waals surface area contributed by atoms with Gasteiger partial charge in [0.15, 0.2) is 0 Å². The lowest BCUT2D eigenvalue weighted by Gasteiger charge is -2.09. The molecule has 0 fully saturated rings. The highest BCUT2D eigenvalue weighted by Gasteiger charge is 2.09. The minimum Gasteiger partial charge on any atom is -0.350 e. The molecule has 0 amide bonds. The summed E-state index contributed by atoms with van der Waals surface area (Å²) in [4.78, 5) is 23.8. The van der Waals surface area contributed by atoms with Crippen LogP contribution in [0.5, 0.6) is 0 Å². The summed E-state index contributed by atoms with van der Waals surface area (Å²) < 4.78 is 0. The third-order valence-electron chi connectivity index (χ3n) is 3.61. The smallest absolute Gasteiger partial charge is 0.256 e. The average molecular weight is 306 g/mol. The first kappa shape index (κ1) is 15.0. The molecule has 5 heteroatoms. The molecule has 0 aliphatic rings. The molecular weight excluding hydrogens is 288 g/mol. The van der Waals surface area contributed by atoms with Gasteiger partial charge in [0.25, 0.3) is 5.56 Å². The Kier molecular flexibility index (Phi) is 4.47. The summed E-state index contributed by atoms with van der Waals surface area (Å²) in [6.45, 7) is 2.38. The second kappa shape index (κ2) is 6.87. The predicted octanol–water partition coefficient (Wildman–Crippen LogP) is 2.68. The van der Waals surface area contributed by atoms with Crippen molar-refractivity contribution in [2.24, 2.45) is 0 Å². The maximum absolute atomic E-state index is 12.3. The Hall–Kier alpha value is -2.95. The van der Waals surface area contributed by atoms with Crippen LogP contribution in [-0.2, 0) is 13.0 Å². The fraction of sp³-hybridized carbons (Fsp3) is 0.167. The first-order valence-corrected chi connectivity index (χ1v) is 7.50. The number of pyridine rings is 1. The molecule has 0 spiro atoms. The summed E-state index contributed by atoms with van der Waals surface area (Å²) in [5, 5.41) is 3.10. The van der Waals surface area contributed by atoms with Gasteiger partial charge in [0.1, 0.15) is 0 Å². The van der Waals surface area contributed by atoms with Gasteiger partial charge in [-0.25, -0.2) is 4.98 Å². The number of nitrogens with one attached hydrogen (secondary N) is 2. The van der Waals surface area contributed by atoms with Crippen LogP contribution >= 0.6 is 0 Å². The first-order valence-electron chi connectivity index (χ1n) is 7.50. The van der Waals surface area contributed by atoms with Crippen LogP contribution in [-0.4, -0.2) is 15.0 Å². The number of aromatic amines is 1. The van der Waals surface area contributed by atoms with Gasteiger partial charge in [-0.2, -0.15) is 0 Å². The number of nitrogens with zero attached hydrogens (tertiary/aromatic N) is 2. The van der Waals surface area contributed by atoms with Crippen molar-refractivity contribution in [1.82, 2.24) is 15.0 Å². The molecule has 5 nitrogen and oxygen atoms in total. The van der Waals surface area contributed by atoms with Crippen LogP contribution in [0.3, 0.4) is 0 Å². The molecule has 0 saturated heterocycles. The lowest BCUT2D eigenvalue weighted by atomic mass is 10.1. The van der Waals surface area contributed by atoms with Gasteiger partial charge in [-0.15, -0.1) is 0 Å². The summed E-state index contributed by atoms with van der Waals surface area (Å²) in [6, 6.07) is 15.6. The van der Waals surface area contributed by atoms with Crippen molar-refractivity contribution in [2.75, 3.05) is 5.32 Å². The van der Waals surface area contributed by atoms with E-state index >= 15 is 0 Å². The standard InChI is InChI=1S/C18H18N4O/c1-13-16(11-14-7-3-2-4-8-14)17(23)22-18(21-13)20-12-15-9-5-6-10-19-15/h2-10H,11-12H2,1H3,(H2,20,21,22,23). The van der Waals surface area contributed by atoms with Crippen molar-refractivity contribution in [2.45, 2.75) is 19.9 Å². The van der Waals surface area contributed by atoms with Crippen LogP contribution in [0.4, 0.5) is 5.95 Å². The second-order valence-electron chi connectivity index (χ2n) is 5.32. The number of anilines is 1. The summed E-state index contributed by atoms with van der Waals surface area (Å²) >= 11 is 0. The highest BCUT2D eigenvalue weighted by atomic mass is 16.1. The zero-order valence-corrected chi connectivity index (χ0v) is 12.9. The Morgan fingerprint density at radius 3 is 2.57 bits per heavy atom. The second-order valence-corrected chi connectivity index (χ2v) is 5.32. The lowest BCUT2D eigenvalue weighted by molar-refractivity contribution is 0.944. The van der Waals surface area contributed by atoms with E-state index in [1.54, 1.807) is 6.20 Å². The van der Waals surface area contributed by atoms with E-state index in [1.807, 2.05) is 55.5 Å². The topological polar surface area (TPSA) is 70.7 Å². The van der Waals surface area contributed by atoms with Crippen LogP contribution < -0.4 is 10.9 Å².